The molecule has 8 nitrogen and oxygen atoms in total. The van der Waals surface area contributed by atoms with Crippen molar-refractivity contribution in [1.29, 1.82) is 0 Å². The van der Waals surface area contributed by atoms with E-state index in [-0.39, 0.29) is 10.8 Å². The Balaban J connectivity index is 1.27. The molecule has 0 aliphatic carbocycles. The second-order valence-electron chi connectivity index (χ2n) is 9.27. The van der Waals surface area contributed by atoms with Gasteiger partial charge in [-0.3, -0.25) is 4.79 Å². The van der Waals surface area contributed by atoms with Gasteiger partial charge in [0.05, 0.1) is 15.1 Å². The first kappa shape index (κ1) is 24.2. The minimum atomic E-state index is -3.53. The lowest BCUT2D eigenvalue weighted by Gasteiger charge is -2.31. The molecule has 3 aromatic rings. The van der Waals surface area contributed by atoms with Gasteiger partial charge in [-0.05, 0) is 62.4 Å². The Morgan fingerprint density at radius 2 is 1.60 bits per heavy atom. The van der Waals surface area contributed by atoms with Gasteiger partial charge < -0.3 is 15.1 Å². The van der Waals surface area contributed by atoms with Crippen LogP contribution in [0.3, 0.4) is 0 Å². The lowest BCUT2D eigenvalue weighted by Crippen LogP contribution is -2.44. The highest BCUT2D eigenvalue weighted by atomic mass is 32.2. The Morgan fingerprint density at radius 3 is 2.29 bits per heavy atom. The summed E-state index contributed by atoms with van der Waals surface area (Å²) in [7, 11) is -1.40. The van der Waals surface area contributed by atoms with Crippen LogP contribution < -0.4 is 10.2 Å². The number of amides is 1. The number of piperazine rings is 1. The lowest BCUT2D eigenvalue weighted by molar-refractivity contribution is 0.102. The fourth-order valence-electron chi connectivity index (χ4n) is 4.54. The molecule has 3 heterocycles. The van der Waals surface area contributed by atoms with E-state index in [2.05, 4.69) is 22.2 Å². The van der Waals surface area contributed by atoms with Crippen LogP contribution in [0.4, 0.5) is 10.8 Å². The van der Waals surface area contributed by atoms with Crippen LogP contribution in [0.25, 0.3) is 10.2 Å². The molecule has 5 rings (SSSR count). The molecule has 0 unspecified atom stereocenters. The number of hydrogen-bond donors (Lipinski definition) is 1. The number of carbonyl (C=O) groups is 1. The van der Waals surface area contributed by atoms with Gasteiger partial charge in [-0.25, -0.2) is 13.4 Å². The van der Waals surface area contributed by atoms with Gasteiger partial charge in [0.15, 0.2) is 5.13 Å². The van der Waals surface area contributed by atoms with E-state index >= 15 is 0 Å². The summed E-state index contributed by atoms with van der Waals surface area (Å²) in [6.45, 7) is 5.08. The molecule has 0 saturated carbocycles. The van der Waals surface area contributed by atoms with Gasteiger partial charge in [-0.1, -0.05) is 24.2 Å². The number of fused-ring (bicyclic) bond motifs is 1. The predicted octanol–water partition coefficient (Wildman–Crippen LogP) is 3.87. The van der Waals surface area contributed by atoms with E-state index in [1.807, 2.05) is 18.2 Å². The lowest BCUT2D eigenvalue weighted by atomic mass is 10.2. The van der Waals surface area contributed by atoms with Crippen molar-refractivity contribution in [3.05, 3.63) is 48.0 Å². The van der Waals surface area contributed by atoms with Gasteiger partial charge in [-0.2, -0.15) is 4.31 Å². The quantitative estimate of drug-likeness (QED) is 0.558. The Morgan fingerprint density at radius 1 is 0.914 bits per heavy atom. The highest BCUT2D eigenvalue weighted by molar-refractivity contribution is 7.89. The Kier molecular flexibility index (Phi) is 7.06. The Bertz CT molecular complexity index is 1290. The molecule has 0 atom stereocenters. The van der Waals surface area contributed by atoms with Crippen LogP contribution in [0.2, 0.25) is 0 Å². The van der Waals surface area contributed by atoms with Gasteiger partial charge in [0.25, 0.3) is 5.91 Å². The third-order valence-electron chi connectivity index (χ3n) is 6.73. The smallest absolute Gasteiger partial charge is 0.255 e. The molecule has 2 aliphatic heterocycles. The zero-order valence-electron chi connectivity index (χ0n) is 19.9. The topological polar surface area (TPSA) is 85.8 Å². The van der Waals surface area contributed by atoms with Gasteiger partial charge in [-0.15, -0.1) is 0 Å². The third-order valence-corrected chi connectivity index (χ3v) is 9.72. The summed E-state index contributed by atoms with van der Waals surface area (Å²) in [4.78, 5) is 22.5. The molecule has 1 aromatic heterocycles. The van der Waals surface area contributed by atoms with E-state index in [9.17, 15) is 13.2 Å². The molecule has 1 N–H and O–H groups in total. The fourth-order valence-corrected chi connectivity index (χ4v) is 7.11. The molecule has 1 amide bonds. The van der Waals surface area contributed by atoms with Crippen molar-refractivity contribution in [2.45, 2.75) is 30.6 Å². The minimum absolute atomic E-state index is 0.235. The molecule has 2 fully saturated rings. The highest BCUT2D eigenvalue weighted by Crippen LogP contribution is 2.31. The van der Waals surface area contributed by atoms with Gasteiger partial charge >= 0.3 is 0 Å². The molecular formula is C25H31N5O3S2. The van der Waals surface area contributed by atoms with Crippen LogP contribution in [-0.2, 0) is 10.0 Å². The third kappa shape index (κ3) is 5.35. The largest absolute Gasteiger partial charge is 0.345 e. The number of thiazole rings is 1. The number of nitrogens with zero attached hydrogens (tertiary/aromatic N) is 4. The molecule has 2 aromatic carbocycles. The summed E-state index contributed by atoms with van der Waals surface area (Å²) in [5.74, 6) is -0.271. The number of rotatable bonds is 5. The maximum Gasteiger partial charge on any atom is 0.255 e. The molecular weight excluding hydrogens is 482 g/mol. The van der Waals surface area contributed by atoms with Crippen LogP contribution in [0.5, 0.6) is 0 Å². The second kappa shape index (κ2) is 10.2. The number of sulfonamides is 1. The monoisotopic (exact) mass is 513 g/mol. The zero-order chi connectivity index (χ0) is 24.4. The van der Waals surface area contributed by atoms with Crippen molar-refractivity contribution < 1.29 is 13.2 Å². The van der Waals surface area contributed by atoms with Crippen molar-refractivity contribution in [3.63, 3.8) is 0 Å². The first-order chi connectivity index (χ1) is 16.9. The molecule has 0 spiro atoms. The molecule has 2 saturated heterocycles. The first-order valence-electron chi connectivity index (χ1n) is 12.2. The summed E-state index contributed by atoms with van der Waals surface area (Å²) in [5, 5.41) is 3.95. The average Bonchev–Trinajstić information content (AvgIpc) is 3.08. The predicted molar refractivity (Wildman–Crippen MR) is 141 cm³/mol. The van der Waals surface area contributed by atoms with Gasteiger partial charge in [0.1, 0.15) is 0 Å². The van der Waals surface area contributed by atoms with E-state index in [0.717, 1.165) is 67.2 Å². The van der Waals surface area contributed by atoms with Crippen molar-refractivity contribution in [3.8, 4) is 0 Å². The SMILES string of the molecule is CN1CCN(c2nc3ccc(NC(=O)c4ccc(S(=O)(=O)N5CCCCCC5)cc4)cc3s2)CC1. The normalized spacial score (nSPS) is 18.5. The molecule has 0 radical (unpaired) electrons. The van der Waals surface area contributed by atoms with E-state index in [1.54, 1.807) is 27.8 Å². The van der Waals surface area contributed by atoms with Crippen LogP contribution in [0, 0.1) is 0 Å². The second-order valence-corrected chi connectivity index (χ2v) is 12.2. The summed E-state index contributed by atoms with van der Waals surface area (Å²) in [6, 6.07) is 12.0. The zero-order valence-corrected chi connectivity index (χ0v) is 21.6. The molecule has 2 aliphatic rings. The van der Waals surface area contributed by atoms with Crippen molar-refractivity contribution in [2.75, 3.05) is 56.5 Å². The van der Waals surface area contributed by atoms with Crippen molar-refractivity contribution in [1.82, 2.24) is 14.2 Å². The molecule has 10 heteroatoms. The summed E-state index contributed by atoms with van der Waals surface area (Å²) in [5.41, 5.74) is 2.03. The van der Waals surface area contributed by atoms with E-state index in [4.69, 9.17) is 4.98 Å². The number of anilines is 2. The van der Waals surface area contributed by atoms with E-state index in [1.165, 1.54) is 12.1 Å². The van der Waals surface area contributed by atoms with E-state index in [0.29, 0.717) is 24.3 Å². The summed E-state index contributed by atoms with van der Waals surface area (Å²) < 4.78 is 28.6. The number of nitrogens with one attached hydrogen (secondary N) is 1. The fraction of sp³-hybridized carbons (Fsp3) is 0.440. The van der Waals surface area contributed by atoms with Gasteiger partial charge in [0.2, 0.25) is 10.0 Å². The standard InChI is InChI=1S/C25H31N5O3S2/c1-28-14-16-29(17-15-28)25-27-22-11-8-20(18-23(22)34-25)26-24(31)19-6-9-21(10-7-19)35(32,33)30-12-4-2-3-5-13-30/h6-11,18H,2-5,12-17H2,1H3,(H,26,31). The number of likely N-dealkylation sites (N-methyl/N-ethyl adjacent to an activating group) is 1. The molecule has 186 valence electrons. The minimum Gasteiger partial charge on any atom is -0.345 e. The number of hydrogen-bond acceptors (Lipinski definition) is 7. The van der Waals surface area contributed by atoms with Crippen LogP contribution in [0.1, 0.15) is 36.0 Å². The molecule has 35 heavy (non-hydrogen) atoms. The van der Waals surface area contributed by atoms with E-state index < -0.39 is 10.0 Å². The maximum atomic E-state index is 13.0. The van der Waals surface area contributed by atoms with Crippen LogP contribution >= 0.6 is 11.3 Å². The van der Waals surface area contributed by atoms with Crippen molar-refractivity contribution >= 4 is 48.3 Å². The summed E-state index contributed by atoms with van der Waals surface area (Å²) >= 11 is 1.64. The average molecular weight is 514 g/mol. The highest BCUT2D eigenvalue weighted by Gasteiger charge is 2.25. The number of carbonyl (C=O) groups excluding carboxylic acids is 1. The number of benzene rings is 2. The first-order valence-corrected chi connectivity index (χ1v) is 14.4. The summed E-state index contributed by atoms with van der Waals surface area (Å²) in [6.07, 6.45) is 3.91. The van der Waals surface area contributed by atoms with Crippen molar-refractivity contribution in [2.24, 2.45) is 0 Å². The Labute approximate surface area is 210 Å². The van der Waals surface area contributed by atoms with Gasteiger partial charge in [0, 0.05) is 50.5 Å². The maximum absolute atomic E-state index is 13.0. The number of aromatic nitrogens is 1. The molecule has 0 bridgehead atoms. The van der Waals surface area contributed by atoms with Crippen LogP contribution in [0.15, 0.2) is 47.4 Å². The van der Waals surface area contributed by atoms with Crippen LogP contribution in [-0.4, -0.2) is 74.8 Å². The Hall–Kier alpha value is -2.53.